The second-order valence-electron chi connectivity index (χ2n) is 5.38. The predicted octanol–water partition coefficient (Wildman–Crippen LogP) is 2.95. The summed E-state index contributed by atoms with van der Waals surface area (Å²) in [6.07, 6.45) is 0.0960. The summed E-state index contributed by atoms with van der Waals surface area (Å²) < 4.78 is 4.05. The number of thioether (sulfide) groups is 1. The van der Waals surface area contributed by atoms with Gasteiger partial charge in [-0.1, -0.05) is 48.5 Å². The molecule has 1 fully saturated rings. The molecule has 1 saturated heterocycles. The average Bonchev–Trinajstić information content (AvgIpc) is 2.93. The van der Waals surface area contributed by atoms with Crippen molar-refractivity contribution in [3.63, 3.8) is 0 Å². The highest BCUT2D eigenvalue weighted by Crippen LogP contribution is 2.48. The molecule has 2 aromatic rings. The molecule has 23 heavy (non-hydrogen) atoms. The van der Waals surface area contributed by atoms with Gasteiger partial charge in [-0.05, 0) is 17.7 Å². The Balaban J connectivity index is 2.05. The van der Waals surface area contributed by atoms with Crippen molar-refractivity contribution in [2.45, 2.75) is 22.1 Å². The molecule has 1 heterocycles. The molecule has 3 rings (SSSR count). The van der Waals surface area contributed by atoms with Crippen molar-refractivity contribution in [2.75, 3.05) is 7.11 Å². The standard InChI is InChI=1S/C18H17NO3S/c1-22-17(21)18(23-14-10-6-3-7-11-14)12-15(20)19-16(18)13-8-4-2-5-9-13/h2-11,16H,12H2,1H3,(H,19,20)/t16-,18-/m1/s1. The maximum Gasteiger partial charge on any atom is 0.325 e. The summed E-state index contributed by atoms with van der Waals surface area (Å²) in [5.74, 6) is -0.536. The SMILES string of the molecule is COC(=O)[C@@]1(Sc2ccccc2)CC(=O)N[C@@H]1c1ccccc1. The first-order valence-electron chi connectivity index (χ1n) is 7.32. The second-order valence-corrected chi connectivity index (χ2v) is 6.79. The van der Waals surface area contributed by atoms with E-state index in [1.165, 1.54) is 18.9 Å². The number of esters is 1. The molecular weight excluding hydrogens is 310 g/mol. The lowest BCUT2D eigenvalue weighted by atomic mass is 9.93. The van der Waals surface area contributed by atoms with Crippen LogP contribution in [-0.2, 0) is 14.3 Å². The van der Waals surface area contributed by atoms with Crippen LogP contribution in [0.4, 0.5) is 0 Å². The summed E-state index contributed by atoms with van der Waals surface area (Å²) in [6, 6.07) is 18.7. The summed E-state index contributed by atoms with van der Waals surface area (Å²) in [5.41, 5.74) is 0.896. The molecular formula is C18H17NO3S. The summed E-state index contributed by atoms with van der Waals surface area (Å²) in [6.45, 7) is 0. The van der Waals surface area contributed by atoms with Gasteiger partial charge in [0.2, 0.25) is 5.91 Å². The van der Waals surface area contributed by atoms with Crippen molar-refractivity contribution in [1.29, 1.82) is 0 Å². The Hall–Kier alpha value is -2.27. The number of ether oxygens (including phenoxy) is 1. The molecule has 0 aromatic heterocycles. The molecule has 5 heteroatoms. The Kier molecular flexibility index (Phi) is 4.39. The van der Waals surface area contributed by atoms with Crippen LogP contribution in [0.3, 0.4) is 0 Å². The van der Waals surface area contributed by atoms with E-state index in [2.05, 4.69) is 5.32 Å². The third-order valence-corrected chi connectivity index (χ3v) is 5.32. The van der Waals surface area contributed by atoms with E-state index in [4.69, 9.17) is 4.74 Å². The third-order valence-electron chi connectivity index (χ3n) is 3.90. The number of methoxy groups -OCH3 is 1. The number of carbonyl (C=O) groups is 2. The van der Waals surface area contributed by atoms with Crippen LogP contribution in [0.15, 0.2) is 65.6 Å². The molecule has 2 aromatic carbocycles. The molecule has 2 atom stereocenters. The molecule has 0 spiro atoms. The van der Waals surface area contributed by atoms with E-state index in [-0.39, 0.29) is 12.3 Å². The van der Waals surface area contributed by atoms with Gasteiger partial charge in [0.05, 0.1) is 19.6 Å². The van der Waals surface area contributed by atoms with Crippen LogP contribution < -0.4 is 5.32 Å². The lowest BCUT2D eigenvalue weighted by Crippen LogP contribution is -2.41. The monoisotopic (exact) mass is 327 g/mol. The minimum atomic E-state index is -1.01. The number of rotatable bonds is 4. The van der Waals surface area contributed by atoms with Gasteiger partial charge in [-0.3, -0.25) is 9.59 Å². The molecule has 1 aliphatic heterocycles. The van der Waals surface area contributed by atoms with Crippen LogP contribution in [0.1, 0.15) is 18.0 Å². The lowest BCUT2D eigenvalue weighted by molar-refractivity contribution is -0.144. The number of hydrogen-bond donors (Lipinski definition) is 1. The van der Waals surface area contributed by atoms with Crippen LogP contribution in [0.25, 0.3) is 0 Å². The summed E-state index contributed by atoms with van der Waals surface area (Å²) in [5, 5.41) is 2.94. The number of hydrogen-bond acceptors (Lipinski definition) is 4. The van der Waals surface area contributed by atoms with E-state index in [0.29, 0.717) is 0 Å². The van der Waals surface area contributed by atoms with Crippen molar-refractivity contribution in [1.82, 2.24) is 5.32 Å². The molecule has 1 N–H and O–H groups in total. The zero-order valence-electron chi connectivity index (χ0n) is 12.7. The van der Waals surface area contributed by atoms with E-state index in [0.717, 1.165) is 10.5 Å². The lowest BCUT2D eigenvalue weighted by Gasteiger charge is -2.31. The number of benzene rings is 2. The largest absolute Gasteiger partial charge is 0.468 e. The Labute approximate surface area is 139 Å². The fraction of sp³-hybridized carbons (Fsp3) is 0.222. The zero-order chi connectivity index (χ0) is 16.3. The second kappa shape index (κ2) is 6.46. The van der Waals surface area contributed by atoms with Crippen LogP contribution in [0.2, 0.25) is 0 Å². The molecule has 1 amide bonds. The van der Waals surface area contributed by atoms with Gasteiger partial charge in [0.25, 0.3) is 0 Å². The minimum absolute atomic E-state index is 0.0960. The van der Waals surface area contributed by atoms with Gasteiger partial charge in [-0.2, -0.15) is 0 Å². The quantitative estimate of drug-likeness (QED) is 0.877. The van der Waals surface area contributed by atoms with Gasteiger partial charge in [0.15, 0.2) is 4.75 Å². The van der Waals surface area contributed by atoms with E-state index >= 15 is 0 Å². The normalized spacial score (nSPS) is 23.3. The van der Waals surface area contributed by atoms with Crippen molar-refractivity contribution in [2.24, 2.45) is 0 Å². The first-order chi connectivity index (χ1) is 11.2. The van der Waals surface area contributed by atoms with Crippen molar-refractivity contribution in [3.05, 3.63) is 66.2 Å². The number of carbonyl (C=O) groups excluding carboxylic acids is 2. The maximum atomic E-state index is 12.6. The Morgan fingerprint density at radius 2 is 1.74 bits per heavy atom. The molecule has 0 bridgehead atoms. The smallest absolute Gasteiger partial charge is 0.325 e. The predicted molar refractivity (Wildman–Crippen MR) is 89.0 cm³/mol. The van der Waals surface area contributed by atoms with Crippen LogP contribution in [0.5, 0.6) is 0 Å². The zero-order valence-corrected chi connectivity index (χ0v) is 13.5. The van der Waals surface area contributed by atoms with E-state index in [1.807, 2.05) is 60.7 Å². The summed E-state index contributed by atoms with van der Waals surface area (Å²) in [7, 11) is 1.36. The van der Waals surface area contributed by atoms with Crippen LogP contribution >= 0.6 is 11.8 Å². The third kappa shape index (κ3) is 2.97. The van der Waals surface area contributed by atoms with Gasteiger partial charge >= 0.3 is 5.97 Å². The summed E-state index contributed by atoms with van der Waals surface area (Å²) >= 11 is 1.38. The van der Waals surface area contributed by atoms with Crippen LogP contribution in [0, 0.1) is 0 Å². The first-order valence-corrected chi connectivity index (χ1v) is 8.14. The van der Waals surface area contributed by atoms with Crippen molar-refractivity contribution >= 4 is 23.6 Å². The van der Waals surface area contributed by atoms with E-state index in [9.17, 15) is 9.59 Å². The molecule has 0 aliphatic carbocycles. The van der Waals surface area contributed by atoms with Gasteiger partial charge in [-0.15, -0.1) is 11.8 Å². The maximum absolute atomic E-state index is 12.6. The van der Waals surface area contributed by atoms with Gasteiger partial charge in [0, 0.05) is 4.90 Å². The molecule has 1 aliphatic rings. The molecule has 0 unspecified atom stereocenters. The van der Waals surface area contributed by atoms with Crippen molar-refractivity contribution in [3.8, 4) is 0 Å². The van der Waals surface area contributed by atoms with Gasteiger partial charge < -0.3 is 10.1 Å². The highest BCUT2D eigenvalue weighted by atomic mass is 32.2. The fourth-order valence-corrected chi connectivity index (χ4v) is 4.26. The minimum Gasteiger partial charge on any atom is -0.468 e. The Bertz CT molecular complexity index is 705. The van der Waals surface area contributed by atoms with Crippen molar-refractivity contribution < 1.29 is 14.3 Å². The Morgan fingerprint density at radius 3 is 2.35 bits per heavy atom. The van der Waals surface area contributed by atoms with Crippen LogP contribution in [-0.4, -0.2) is 23.7 Å². The fourth-order valence-electron chi connectivity index (χ4n) is 2.87. The highest BCUT2D eigenvalue weighted by Gasteiger charge is 2.55. The highest BCUT2D eigenvalue weighted by molar-refractivity contribution is 8.01. The number of nitrogens with one attached hydrogen (secondary N) is 1. The summed E-state index contributed by atoms with van der Waals surface area (Å²) in [4.78, 5) is 25.7. The molecule has 4 nitrogen and oxygen atoms in total. The van der Waals surface area contributed by atoms with E-state index < -0.39 is 16.8 Å². The molecule has 118 valence electrons. The van der Waals surface area contributed by atoms with Gasteiger partial charge in [-0.25, -0.2) is 0 Å². The van der Waals surface area contributed by atoms with E-state index in [1.54, 1.807) is 0 Å². The number of amides is 1. The molecule has 0 saturated carbocycles. The molecule has 0 radical (unpaired) electrons. The van der Waals surface area contributed by atoms with Gasteiger partial charge in [0.1, 0.15) is 0 Å². The topological polar surface area (TPSA) is 55.4 Å². The first kappa shape index (κ1) is 15.6. The Morgan fingerprint density at radius 1 is 1.13 bits per heavy atom. The average molecular weight is 327 g/mol.